The molecule has 3 fully saturated rings. The maximum Gasteiger partial charge on any atom is 0.297 e. The van der Waals surface area contributed by atoms with Gasteiger partial charge in [-0.2, -0.15) is 8.42 Å². The van der Waals surface area contributed by atoms with Crippen molar-refractivity contribution in [3.05, 3.63) is 29.8 Å². The van der Waals surface area contributed by atoms with Crippen molar-refractivity contribution < 1.29 is 86.4 Å². The van der Waals surface area contributed by atoms with E-state index in [0.29, 0.717) is 0 Å². The molecule has 3 heterocycles. The maximum absolute atomic E-state index is 13.8. The van der Waals surface area contributed by atoms with Gasteiger partial charge >= 0.3 is 0 Å². The average Bonchev–Trinajstić information content (AvgIpc) is 3.14. The standard InChI is InChI=1S/C35H55N3O18S/c1-16-5-7-20(8-6-16)57(49,50)56-34-22(13-52-14-26-28(36-17(2)42)33(47)32(46)25(11-41)54-26)24(10-40)53-27(29(34)37-18(3)43)15-51-12-21-23(9-39)55-35(48)30(31(21)45)38-19(4)44/h5-8,21-35,39-41,45-48H,9-15H2,1-4H3,(H,36,42)(H,37,43)(H,38,44)/t21-,22+,23?,24?,25?,26+,27+,28?,29?,30?,31+,32-,33-,34+,35-/m1/s1. The predicted octanol–water partition coefficient (Wildman–Crippen LogP) is -4.84. The number of carbonyl (C=O) groups excluding carboxylic acids is 3. The summed E-state index contributed by atoms with van der Waals surface area (Å²) in [5.74, 6) is -3.91. The second kappa shape index (κ2) is 20.8. The van der Waals surface area contributed by atoms with Crippen LogP contribution in [0.4, 0.5) is 0 Å². The molecule has 15 atom stereocenters. The first-order valence-electron chi connectivity index (χ1n) is 18.4. The Morgan fingerprint density at radius 1 is 0.614 bits per heavy atom. The molecule has 4 rings (SSSR count). The lowest BCUT2D eigenvalue weighted by Gasteiger charge is -2.46. The maximum atomic E-state index is 13.8. The highest BCUT2D eigenvalue weighted by molar-refractivity contribution is 7.86. The highest BCUT2D eigenvalue weighted by Crippen LogP contribution is 2.33. The van der Waals surface area contributed by atoms with Crippen molar-refractivity contribution in [2.45, 2.75) is 112 Å². The first kappa shape index (κ1) is 46.7. The molecule has 0 aliphatic carbocycles. The summed E-state index contributed by atoms with van der Waals surface area (Å²) in [6.07, 6.45) is -13.7. The van der Waals surface area contributed by atoms with E-state index in [1.54, 1.807) is 19.1 Å². The zero-order valence-corrected chi connectivity index (χ0v) is 32.8. The fraction of sp³-hybridized carbons (Fsp3) is 0.743. The van der Waals surface area contributed by atoms with Crippen LogP contribution in [0, 0.1) is 18.8 Å². The van der Waals surface area contributed by atoms with Crippen molar-refractivity contribution in [1.82, 2.24) is 16.0 Å². The minimum Gasteiger partial charge on any atom is -0.394 e. The van der Waals surface area contributed by atoms with E-state index in [4.69, 9.17) is 27.9 Å². The Bertz CT molecular complexity index is 1590. The van der Waals surface area contributed by atoms with Crippen LogP contribution in [0.2, 0.25) is 0 Å². The number of aliphatic hydroxyl groups is 7. The van der Waals surface area contributed by atoms with Crippen LogP contribution in [0.25, 0.3) is 0 Å². The summed E-state index contributed by atoms with van der Waals surface area (Å²) in [7, 11) is -4.58. The second-order valence-electron chi connectivity index (χ2n) is 14.4. The van der Waals surface area contributed by atoms with Gasteiger partial charge in [-0.15, -0.1) is 0 Å². The molecule has 3 saturated heterocycles. The van der Waals surface area contributed by atoms with E-state index in [9.17, 15) is 58.5 Å². The van der Waals surface area contributed by atoms with E-state index in [-0.39, 0.29) is 18.1 Å². The van der Waals surface area contributed by atoms with Crippen molar-refractivity contribution in [1.29, 1.82) is 0 Å². The van der Waals surface area contributed by atoms with Gasteiger partial charge in [-0.3, -0.25) is 18.6 Å². The number of ether oxygens (including phenoxy) is 5. The van der Waals surface area contributed by atoms with Crippen LogP contribution in [0.3, 0.4) is 0 Å². The Kier molecular flexibility index (Phi) is 17.1. The van der Waals surface area contributed by atoms with Crippen LogP contribution in [-0.4, -0.2) is 187 Å². The summed E-state index contributed by atoms with van der Waals surface area (Å²) >= 11 is 0. The molecule has 0 bridgehead atoms. The molecule has 57 heavy (non-hydrogen) atoms. The van der Waals surface area contributed by atoms with Gasteiger partial charge in [0, 0.05) is 32.6 Å². The van der Waals surface area contributed by atoms with Crippen LogP contribution < -0.4 is 16.0 Å². The third-order valence-electron chi connectivity index (χ3n) is 10.1. The average molecular weight is 838 g/mol. The van der Waals surface area contributed by atoms with Gasteiger partial charge in [-0.1, -0.05) is 17.7 Å². The Labute approximate surface area is 329 Å². The number of rotatable bonds is 17. The summed E-state index contributed by atoms with van der Waals surface area (Å²) in [5, 5.41) is 80.2. The molecule has 0 radical (unpaired) electrons. The summed E-state index contributed by atoms with van der Waals surface area (Å²) in [6, 6.07) is 2.01. The summed E-state index contributed by atoms with van der Waals surface area (Å²) < 4.78 is 62.6. The number of hydrogen-bond acceptors (Lipinski definition) is 18. The van der Waals surface area contributed by atoms with E-state index in [1.165, 1.54) is 32.9 Å². The van der Waals surface area contributed by atoms with Gasteiger partial charge in [0.25, 0.3) is 10.1 Å². The lowest BCUT2D eigenvalue weighted by atomic mass is 9.85. The van der Waals surface area contributed by atoms with E-state index in [2.05, 4.69) is 16.0 Å². The molecule has 21 nitrogen and oxygen atoms in total. The van der Waals surface area contributed by atoms with E-state index in [1.807, 2.05) is 0 Å². The van der Waals surface area contributed by atoms with Crippen LogP contribution in [0.15, 0.2) is 29.2 Å². The molecule has 3 aliphatic rings. The van der Waals surface area contributed by atoms with Crippen molar-refractivity contribution in [2.75, 3.05) is 46.2 Å². The molecule has 0 spiro atoms. The number of carbonyl (C=O) groups is 3. The van der Waals surface area contributed by atoms with Gasteiger partial charge in [0.05, 0.1) is 81.5 Å². The monoisotopic (exact) mass is 837 g/mol. The third kappa shape index (κ3) is 11.8. The summed E-state index contributed by atoms with van der Waals surface area (Å²) in [5.41, 5.74) is 0.762. The zero-order valence-electron chi connectivity index (χ0n) is 31.9. The van der Waals surface area contributed by atoms with Crippen molar-refractivity contribution in [3.8, 4) is 0 Å². The fourth-order valence-corrected chi connectivity index (χ4v) is 8.39. The molecule has 3 amide bonds. The first-order valence-corrected chi connectivity index (χ1v) is 19.8. The molecule has 22 heteroatoms. The van der Waals surface area contributed by atoms with E-state index < -0.39 is 152 Å². The lowest BCUT2D eigenvalue weighted by molar-refractivity contribution is -0.248. The number of nitrogens with one attached hydrogen (secondary N) is 3. The molecule has 10 N–H and O–H groups in total. The Morgan fingerprint density at radius 2 is 1.09 bits per heavy atom. The molecule has 1 aromatic rings. The Morgan fingerprint density at radius 3 is 1.63 bits per heavy atom. The van der Waals surface area contributed by atoms with E-state index in [0.717, 1.165) is 5.56 Å². The van der Waals surface area contributed by atoms with Crippen molar-refractivity contribution in [2.24, 2.45) is 11.8 Å². The third-order valence-corrected chi connectivity index (χ3v) is 11.5. The second-order valence-corrected chi connectivity index (χ2v) is 16.0. The van der Waals surface area contributed by atoms with Crippen molar-refractivity contribution >= 4 is 27.8 Å². The number of amides is 3. The van der Waals surface area contributed by atoms with Crippen LogP contribution in [0.1, 0.15) is 26.3 Å². The minimum absolute atomic E-state index is 0.220. The first-order chi connectivity index (χ1) is 26.9. The number of aryl methyl sites for hydroxylation is 1. The fourth-order valence-electron chi connectivity index (χ4n) is 7.26. The van der Waals surface area contributed by atoms with Gasteiger partial charge in [0.1, 0.15) is 42.7 Å². The topological polar surface area (TPSA) is 318 Å². The quantitative estimate of drug-likeness (QED) is 0.0658. The molecule has 3 aliphatic heterocycles. The number of hydrogen-bond donors (Lipinski definition) is 10. The molecule has 6 unspecified atom stereocenters. The normalized spacial score (nSPS) is 35.9. The molecular weight excluding hydrogens is 782 g/mol. The molecule has 0 aromatic heterocycles. The number of benzene rings is 1. The van der Waals surface area contributed by atoms with Gasteiger partial charge in [-0.05, 0) is 19.1 Å². The predicted molar refractivity (Wildman–Crippen MR) is 192 cm³/mol. The zero-order chi connectivity index (χ0) is 42.2. The molecule has 0 saturated carbocycles. The molecule has 324 valence electrons. The lowest BCUT2D eigenvalue weighted by Crippen LogP contribution is -2.66. The van der Waals surface area contributed by atoms with Crippen molar-refractivity contribution in [3.63, 3.8) is 0 Å². The summed E-state index contributed by atoms with van der Waals surface area (Å²) in [4.78, 5) is 36.1. The van der Waals surface area contributed by atoms with Gasteiger partial charge in [0.15, 0.2) is 6.29 Å². The van der Waals surface area contributed by atoms with Gasteiger partial charge in [-0.25, -0.2) is 0 Å². The SMILES string of the molecule is CC(=O)NC1[C@H](COC[C@H]2C(CO)O[C@@H](COC[C@@H]3C(CO)O[C@@H](O)C(NC(C)=O)[C@H]3O)C(NC(C)=O)[C@H]2OS(=O)(=O)c2ccc(C)cc2)OC(CO)[C@@H](O)[C@@H]1O. The minimum atomic E-state index is -4.58. The van der Waals surface area contributed by atoms with E-state index >= 15 is 0 Å². The molecular formula is C35H55N3O18S. The Hall–Kier alpha value is -2.94. The van der Waals surface area contributed by atoms with Gasteiger partial charge < -0.3 is 75.4 Å². The molecule has 1 aromatic carbocycles. The highest BCUT2D eigenvalue weighted by Gasteiger charge is 2.51. The Balaban J connectivity index is 1.62. The summed E-state index contributed by atoms with van der Waals surface area (Å²) in [6.45, 7) is 1.68. The largest absolute Gasteiger partial charge is 0.394 e. The van der Waals surface area contributed by atoms with Gasteiger partial charge in [0.2, 0.25) is 17.7 Å². The smallest absolute Gasteiger partial charge is 0.297 e. The van der Waals surface area contributed by atoms with Crippen LogP contribution in [-0.2, 0) is 52.4 Å². The number of aliphatic hydroxyl groups excluding tert-OH is 7. The highest BCUT2D eigenvalue weighted by atomic mass is 32.2. The van der Waals surface area contributed by atoms with Crippen LogP contribution in [0.5, 0.6) is 0 Å². The van der Waals surface area contributed by atoms with Crippen LogP contribution >= 0.6 is 0 Å².